The van der Waals surface area contributed by atoms with Crippen molar-refractivity contribution in [2.24, 2.45) is 11.1 Å². The maximum Gasteiger partial charge on any atom is 0.182 e. The molecule has 0 unspecified atom stereocenters. The first-order valence-electron chi connectivity index (χ1n) is 6.75. The number of hydrogen-bond donors (Lipinski definition) is 1. The zero-order valence-electron chi connectivity index (χ0n) is 12.2. The zero-order valence-corrected chi connectivity index (χ0v) is 13.8. The molecule has 1 rings (SSSR count). The summed E-state index contributed by atoms with van der Waals surface area (Å²) in [5.41, 5.74) is 6.39. The Bertz CT molecular complexity index is 438. The standard InChI is InChI=1S/C14H24BrN3O/c1-10(2)18-13(11(15)9-17-18)12(19)5-6-14(3,4)7-8-16/h9-10H,5-8,16H2,1-4H3. The van der Waals surface area contributed by atoms with Gasteiger partial charge in [0.2, 0.25) is 0 Å². The highest BCUT2D eigenvalue weighted by Crippen LogP contribution is 2.28. The summed E-state index contributed by atoms with van der Waals surface area (Å²) in [7, 11) is 0. The zero-order chi connectivity index (χ0) is 14.6. The fourth-order valence-corrected chi connectivity index (χ4v) is 2.57. The van der Waals surface area contributed by atoms with Crippen LogP contribution in [0, 0.1) is 5.41 Å². The minimum absolute atomic E-state index is 0.111. The van der Waals surface area contributed by atoms with Crippen LogP contribution in [0.4, 0.5) is 0 Å². The number of hydrogen-bond acceptors (Lipinski definition) is 3. The molecule has 0 fully saturated rings. The van der Waals surface area contributed by atoms with Crippen molar-refractivity contribution >= 4 is 21.7 Å². The maximum atomic E-state index is 12.4. The number of rotatable bonds is 7. The van der Waals surface area contributed by atoms with E-state index < -0.39 is 0 Å². The Morgan fingerprint density at radius 3 is 2.63 bits per heavy atom. The molecule has 19 heavy (non-hydrogen) atoms. The van der Waals surface area contributed by atoms with Crippen LogP contribution in [0.3, 0.4) is 0 Å². The monoisotopic (exact) mass is 329 g/mol. The fraction of sp³-hybridized carbons (Fsp3) is 0.714. The topological polar surface area (TPSA) is 60.9 Å². The first-order chi connectivity index (χ1) is 8.78. The van der Waals surface area contributed by atoms with Gasteiger partial charge < -0.3 is 5.73 Å². The lowest BCUT2D eigenvalue weighted by Gasteiger charge is -2.23. The van der Waals surface area contributed by atoms with Crippen molar-refractivity contribution in [2.45, 2.75) is 53.0 Å². The molecule has 0 amide bonds. The second-order valence-corrected chi connectivity index (χ2v) is 6.86. The van der Waals surface area contributed by atoms with Gasteiger partial charge >= 0.3 is 0 Å². The molecule has 0 spiro atoms. The van der Waals surface area contributed by atoms with Crippen LogP contribution in [0.25, 0.3) is 0 Å². The summed E-state index contributed by atoms with van der Waals surface area (Å²) in [5, 5.41) is 4.25. The van der Waals surface area contributed by atoms with Crippen LogP contribution in [-0.4, -0.2) is 22.1 Å². The molecule has 0 radical (unpaired) electrons. The Kier molecular flexibility index (Phi) is 5.74. The Balaban J connectivity index is 2.76. The van der Waals surface area contributed by atoms with Gasteiger partial charge in [0.05, 0.1) is 10.7 Å². The van der Waals surface area contributed by atoms with Gasteiger partial charge in [0.1, 0.15) is 5.69 Å². The number of aromatic nitrogens is 2. The molecule has 4 nitrogen and oxygen atoms in total. The van der Waals surface area contributed by atoms with E-state index in [0.717, 1.165) is 17.3 Å². The highest BCUT2D eigenvalue weighted by atomic mass is 79.9. The number of carbonyl (C=O) groups is 1. The van der Waals surface area contributed by atoms with Crippen LogP contribution in [0.5, 0.6) is 0 Å². The van der Waals surface area contributed by atoms with Crippen molar-refractivity contribution in [3.63, 3.8) is 0 Å². The molecule has 0 saturated heterocycles. The average molecular weight is 330 g/mol. The van der Waals surface area contributed by atoms with E-state index in [9.17, 15) is 4.79 Å². The Morgan fingerprint density at radius 2 is 2.11 bits per heavy atom. The second-order valence-electron chi connectivity index (χ2n) is 6.01. The summed E-state index contributed by atoms with van der Waals surface area (Å²) < 4.78 is 2.56. The predicted molar refractivity (Wildman–Crippen MR) is 81.3 cm³/mol. The van der Waals surface area contributed by atoms with E-state index in [1.165, 1.54) is 0 Å². The average Bonchev–Trinajstić information content (AvgIpc) is 2.68. The van der Waals surface area contributed by atoms with Gasteiger partial charge in [-0.25, -0.2) is 0 Å². The normalized spacial score (nSPS) is 12.2. The van der Waals surface area contributed by atoms with Crippen molar-refractivity contribution < 1.29 is 4.79 Å². The lowest BCUT2D eigenvalue weighted by Crippen LogP contribution is -2.20. The first-order valence-corrected chi connectivity index (χ1v) is 7.54. The molecule has 0 atom stereocenters. The van der Waals surface area contributed by atoms with E-state index in [2.05, 4.69) is 34.9 Å². The Labute approximate surface area is 123 Å². The van der Waals surface area contributed by atoms with Crippen LogP contribution in [0.15, 0.2) is 10.7 Å². The lowest BCUT2D eigenvalue weighted by molar-refractivity contribution is 0.0948. The highest BCUT2D eigenvalue weighted by molar-refractivity contribution is 9.10. The molecular weight excluding hydrogens is 306 g/mol. The number of halogens is 1. The molecule has 2 N–H and O–H groups in total. The fourth-order valence-electron chi connectivity index (χ4n) is 2.08. The van der Waals surface area contributed by atoms with Crippen molar-refractivity contribution in [1.29, 1.82) is 0 Å². The van der Waals surface area contributed by atoms with Crippen LogP contribution < -0.4 is 5.73 Å². The third-order valence-electron chi connectivity index (χ3n) is 3.35. The largest absolute Gasteiger partial charge is 0.330 e. The predicted octanol–water partition coefficient (Wildman–Crippen LogP) is 3.56. The van der Waals surface area contributed by atoms with Gasteiger partial charge in [-0.2, -0.15) is 5.10 Å². The number of ketones is 1. The van der Waals surface area contributed by atoms with Gasteiger partial charge in [-0.05, 0) is 54.6 Å². The first kappa shape index (κ1) is 16.4. The Morgan fingerprint density at radius 1 is 1.47 bits per heavy atom. The van der Waals surface area contributed by atoms with Gasteiger partial charge in [0, 0.05) is 12.5 Å². The molecule has 0 saturated carbocycles. The lowest BCUT2D eigenvalue weighted by atomic mass is 9.83. The molecule has 0 aliphatic carbocycles. The maximum absolute atomic E-state index is 12.4. The SMILES string of the molecule is CC(C)n1ncc(Br)c1C(=O)CCC(C)(C)CCN. The minimum atomic E-state index is 0.111. The quantitative estimate of drug-likeness (QED) is 0.778. The van der Waals surface area contributed by atoms with Crippen molar-refractivity contribution in [3.05, 3.63) is 16.4 Å². The molecule has 0 bridgehead atoms. The van der Waals surface area contributed by atoms with Crippen molar-refractivity contribution in [2.75, 3.05) is 6.54 Å². The second kappa shape index (κ2) is 6.66. The number of nitrogens with zero attached hydrogens (tertiary/aromatic N) is 2. The van der Waals surface area contributed by atoms with Crippen LogP contribution in [0.1, 0.15) is 63.5 Å². The third kappa shape index (κ3) is 4.42. The smallest absolute Gasteiger partial charge is 0.182 e. The molecular formula is C14H24BrN3O. The van der Waals surface area contributed by atoms with Crippen molar-refractivity contribution in [1.82, 2.24) is 9.78 Å². The van der Waals surface area contributed by atoms with Gasteiger partial charge in [-0.15, -0.1) is 0 Å². The van der Waals surface area contributed by atoms with Crippen LogP contribution in [0.2, 0.25) is 0 Å². The molecule has 1 aromatic rings. The summed E-state index contributed by atoms with van der Waals surface area (Å²) in [6.45, 7) is 9.02. The summed E-state index contributed by atoms with van der Waals surface area (Å²) in [6, 6.07) is 0.183. The molecule has 0 aliphatic rings. The number of nitrogens with two attached hydrogens (primary N) is 1. The minimum Gasteiger partial charge on any atom is -0.330 e. The van der Waals surface area contributed by atoms with E-state index in [-0.39, 0.29) is 17.2 Å². The summed E-state index contributed by atoms with van der Waals surface area (Å²) >= 11 is 3.41. The number of Topliss-reactive ketones (excluding diaryl/α,β-unsaturated/α-hetero) is 1. The van der Waals surface area contributed by atoms with Gasteiger partial charge in [0.25, 0.3) is 0 Å². The molecule has 1 heterocycles. The van der Waals surface area contributed by atoms with E-state index in [1.54, 1.807) is 10.9 Å². The molecule has 1 aromatic heterocycles. The Hall–Kier alpha value is -0.680. The van der Waals surface area contributed by atoms with Gasteiger partial charge in [0.15, 0.2) is 5.78 Å². The molecule has 5 heteroatoms. The third-order valence-corrected chi connectivity index (χ3v) is 3.93. The van der Waals surface area contributed by atoms with Crippen LogP contribution in [-0.2, 0) is 0 Å². The van der Waals surface area contributed by atoms with E-state index in [1.807, 2.05) is 13.8 Å². The highest BCUT2D eigenvalue weighted by Gasteiger charge is 2.23. The van der Waals surface area contributed by atoms with Crippen LogP contribution >= 0.6 is 15.9 Å². The molecule has 0 aliphatic heterocycles. The summed E-state index contributed by atoms with van der Waals surface area (Å²) in [5.74, 6) is 0.142. The molecule has 108 valence electrons. The van der Waals surface area contributed by atoms with Crippen molar-refractivity contribution in [3.8, 4) is 0 Å². The summed E-state index contributed by atoms with van der Waals surface area (Å²) in [6.07, 6.45) is 4.01. The van der Waals surface area contributed by atoms with E-state index in [0.29, 0.717) is 18.7 Å². The number of carbonyl (C=O) groups excluding carboxylic acids is 1. The molecule has 0 aromatic carbocycles. The van der Waals surface area contributed by atoms with Gasteiger partial charge in [-0.3, -0.25) is 9.48 Å². The summed E-state index contributed by atoms with van der Waals surface area (Å²) in [4.78, 5) is 12.4. The van der Waals surface area contributed by atoms with E-state index in [4.69, 9.17) is 5.73 Å². The van der Waals surface area contributed by atoms with Gasteiger partial charge in [-0.1, -0.05) is 13.8 Å². The van der Waals surface area contributed by atoms with E-state index >= 15 is 0 Å².